The molecule has 0 unspecified atom stereocenters. The van der Waals surface area contributed by atoms with Crippen LogP contribution in [0.25, 0.3) is 22.0 Å². The summed E-state index contributed by atoms with van der Waals surface area (Å²) in [5.41, 5.74) is 1.91. The molecular formula is C23H26N6O4. The van der Waals surface area contributed by atoms with Crippen molar-refractivity contribution < 1.29 is 19.8 Å². The summed E-state index contributed by atoms with van der Waals surface area (Å²) in [5.74, 6) is 0.962. The molecule has 1 fully saturated rings. The van der Waals surface area contributed by atoms with E-state index in [1.165, 1.54) is 5.39 Å². The van der Waals surface area contributed by atoms with Gasteiger partial charge in [0.25, 0.3) is 0 Å². The predicted molar refractivity (Wildman–Crippen MR) is 124 cm³/mol. The van der Waals surface area contributed by atoms with E-state index in [-0.39, 0.29) is 5.92 Å². The molecule has 1 aliphatic heterocycles. The summed E-state index contributed by atoms with van der Waals surface area (Å²) in [6, 6.07) is 16.4. The van der Waals surface area contributed by atoms with Crippen LogP contribution in [0.15, 0.2) is 54.7 Å². The van der Waals surface area contributed by atoms with Crippen LogP contribution in [0.2, 0.25) is 0 Å². The monoisotopic (exact) mass is 450 g/mol. The van der Waals surface area contributed by atoms with Crippen molar-refractivity contribution in [1.29, 1.82) is 0 Å². The molecule has 2 aromatic carbocycles. The van der Waals surface area contributed by atoms with E-state index in [1.807, 2.05) is 18.2 Å². The third-order valence-electron chi connectivity index (χ3n) is 5.73. The smallest absolute Gasteiger partial charge is 0.407 e. The van der Waals surface area contributed by atoms with Gasteiger partial charge in [0.05, 0.1) is 5.69 Å². The summed E-state index contributed by atoms with van der Waals surface area (Å²) in [5, 5.41) is 27.2. The molecule has 0 saturated carbocycles. The molecule has 10 nitrogen and oxygen atoms in total. The van der Waals surface area contributed by atoms with Crippen molar-refractivity contribution in [3.63, 3.8) is 0 Å². The zero-order valence-electron chi connectivity index (χ0n) is 17.9. The number of nitrogens with zero attached hydrogens (tertiary/aromatic N) is 3. The molecule has 4 rings (SSSR count). The average Bonchev–Trinajstić information content (AvgIpc) is 2.82. The van der Waals surface area contributed by atoms with Crippen molar-refractivity contribution in [2.45, 2.75) is 19.1 Å². The predicted octanol–water partition coefficient (Wildman–Crippen LogP) is 2.92. The van der Waals surface area contributed by atoms with Crippen LogP contribution in [0.3, 0.4) is 0 Å². The minimum Gasteiger partial charge on any atom is -0.465 e. The van der Waals surface area contributed by atoms with Crippen molar-refractivity contribution in [2.75, 3.05) is 24.5 Å². The number of carbonyl (C=O) groups is 2. The fraction of sp³-hybridized carbons (Fsp3) is 0.304. The second-order valence-electron chi connectivity index (χ2n) is 7.97. The second-order valence-corrected chi connectivity index (χ2v) is 7.97. The number of anilines is 1. The third kappa shape index (κ3) is 5.86. The van der Waals surface area contributed by atoms with Crippen molar-refractivity contribution in [2.24, 2.45) is 5.92 Å². The number of amides is 2. The summed E-state index contributed by atoms with van der Waals surface area (Å²) in [6.45, 7) is 2.00. The fourth-order valence-corrected chi connectivity index (χ4v) is 4.02. The van der Waals surface area contributed by atoms with E-state index >= 15 is 0 Å². The van der Waals surface area contributed by atoms with Crippen LogP contribution in [0.5, 0.6) is 0 Å². The summed E-state index contributed by atoms with van der Waals surface area (Å²) in [4.78, 5) is 33.1. The number of nitrogens with one attached hydrogen (secondary N) is 3. The molecule has 0 aliphatic carbocycles. The first-order valence-corrected chi connectivity index (χ1v) is 10.8. The molecule has 1 aromatic heterocycles. The van der Waals surface area contributed by atoms with Crippen molar-refractivity contribution in [3.8, 4) is 11.3 Å². The summed E-state index contributed by atoms with van der Waals surface area (Å²) in [6.07, 6.45) is -0.188. The van der Waals surface area contributed by atoms with E-state index < -0.39 is 18.5 Å². The number of fused-ring (bicyclic) bond motifs is 1. The fourth-order valence-electron chi connectivity index (χ4n) is 4.02. The molecule has 0 radical (unpaired) electrons. The first kappa shape index (κ1) is 22.3. The van der Waals surface area contributed by atoms with Crippen LogP contribution in [0.1, 0.15) is 12.8 Å². The SMILES string of the molecule is O=C(O)NC(NCC1CCN(c2nccc(-c3ccc4ccccc4c3)n2)CC1)NC(=O)O. The molecule has 33 heavy (non-hydrogen) atoms. The Labute approximate surface area is 190 Å². The summed E-state index contributed by atoms with van der Waals surface area (Å²) < 4.78 is 0. The highest BCUT2D eigenvalue weighted by atomic mass is 16.4. The molecule has 3 aromatic rings. The molecule has 1 saturated heterocycles. The normalized spacial score (nSPS) is 14.4. The van der Waals surface area contributed by atoms with E-state index in [0.29, 0.717) is 12.5 Å². The van der Waals surface area contributed by atoms with E-state index in [9.17, 15) is 9.59 Å². The molecule has 0 spiro atoms. The molecule has 0 atom stereocenters. The highest BCUT2D eigenvalue weighted by Gasteiger charge is 2.23. The Balaban J connectivity index is 1.36. The number of hydrogen-bond donors (Lipinski definition) is 5. The van der Waals surface area contributed by atoms with Crippen LogP contribution in [-0.4, -0.2) is 58.3 Å². The highest BCUT2D eigenvalue weighted by Crippen LogP contribution is 2.25. The molecule has 1 aliphatic rings. The number of rotatable bonds is 7. The standard InChI is InChI=1S/C23H26N6O4/c30-22(31)27-20(28-23(32)33)25-14-15-8-11-29(12-9-15)21-24-10-7-19(26-21)18-6-5-16-3-1-2-4-17(16)13-18/h1-7,10,13,15,20,25,27-28H,8-9,11-12,14H2,(H,30,31)(H,32,33). The Morgan fingerprint density at radius 3 is 2.39 bits per heavy atom. The van der Waals surface area contributed by atoms with E-state index in [2.05, 4.69) is 56.2 Å². The van der Waals surface area contributed by atoms with E-state index in [1.54, 1.807) is 6.20 Å². The lowest BCUT2D eigenvalue weighted by Crippen LogP contribution is -2.57. The van der Waals surface area contributed by atoms with Crippen LogP contribution in [0, 0.1) is 5.92 Å². The Morgan fingerprint density at radius 2 is 1.70 bits per heavy atom. The largest absolute Gasteiger partial charge is 0.465 e. The summed E-state index contributed by atoms with van der Waals surface area (Å²) >= 11 is 0. The number of aromatic nitrogens is 2. The average molecular weight is 450 g/mol. The number of piperidine rings is 1. The van der Waals surface area contributed by atoms with Crippen LogP contribution in [0.4, 0.5) is 15.5 Å². The lowest BCUT2D eigenvalue weighted by molar-refractivity contribution is 0.169. The number of hydrogen-bond acceptors (Lipinski definition) is 6. The first-order valence-electron chi connectivity index (χ1n) is 10.8. The minimum atomic E-state index is -1.31. The first-order chi connectivity index (χ1) is 16.0. The zero-order chi connectivity index (χ0) is 23.2. The van der Waals surface area contributed by atoms with Crippen LogP contribution >= 0.6 is 0 Å². The molecule has 5 N–H and O–H groups in total. The topological polar surface area (TPSA) is 140 Å². The van der Waals surface area contributed by atoms with Gasteiger partial charge in [-0.1, -0.05) is 36.4 Å². The van der Waals surface area contributed by atoms with Crippen molar-refractivity contribution in [3.05, 3.63) is 54.7 Å². The van der Waals surface area contributed by atoms with Gasteiger partial charge in [0, 0.05) is 31.4 Å². The Kier molecular flexibility index (Phi) is 6.84. The van der Waals surface area contributed by atoms with Gasteiger partial charge in [0.2, 0.25) is 5.95 Å². The van der Waals surface area contributed by atoms with E-state index in [0.717, 1.165) is 42.6 Å². The Bertz CT molecular complexity index is 1120. The Hall–Kier alpha value is -3.92. The van der Waals surface area contributed by atoms with Gasteiger partial charge in [-0.3, -0.25) is 16.0 Å². The lowest BCUT2D eigenvalue weighted by atomic mass is 9.97. The molecule has 10 heteroatoms. The molecular weight excluding hydrogens is 424 g/mol. The zero-order valence-corrected chi connectivity index (χ0v) is 17.9. The minimum absolute atomic E-state index is 0.276. The van der Waals surface area contributed by atoms with Gasteiger partial charge in [-0.05, 0) is 41.7 Å². The highest BCUT2D eigenvalue weighted by molar-refractivity contribution is 5.86. The quantitative estimate of drug-likeness (QED) is 0.346. The van der Waals surface area contributed by atoms with Gasteiger partial charge < -0.3 is 15.1 Å². The molecule has 2 heterocycles. The maximum Gasteiger partial charge on any atom is 0.407 e. The van der Waals surface area contributed by atoms with E-state index in [4.69, 9.17) is 15.2 Å². The van der Waals surface area contributed by atoms with Gasteiger partial charge in [0.1, 0.15) is 0 Å². The van der Waals surface area contributed by atoms with Crippen LogP contribution in [-0.2, 0) is 0 Å². The molecule has 172 valence electrons. The van der Waals surface area contributed by atoms with Gasteiger partial charge >= 0.3 is 12.2 Å². The van der Waals surface area contributed by atoms with Gasteiger partial charge in [-0.25, -0.2) is 19.6 Å². The Morgan fingerprint density at radius 1 is 1.00 bits per heavy atom. The van der Waals surface area contributed by atoms with Gasteiger partial charge in [-0.2, -0.15) is 0 Å². The third-order valence-corrected chi connectivity index (χ3v) is 5.73. The van der Waals surface area contributed by atoms with Gasteiger partial charge in [-0.15, -0.1) is 0 Å². The molecule has 0 bridgehead atoms. The second kappa shape index (κ2) is 10.1. The summed E-state index contributed by atoms with van der Waals surface area (Å²) in [7, 11) is 0. The van der Waals surface area contributed by atoms with Gasteiger partial charge in [0.15, 0.2) is 6.29 Å². The number of carboxylic acid groups (broad SMARTS) is 2. The maximum atomic E-state index is 10.8. The maximum absolute atomic E-state index is 10.8. The van der Waals surface area contributed by atoms with Crippen LogP contribution < -0.4 is 20.9 Å². The van der Waals surface area contributed by atoms with Crippen molar-refractivity contribution >= 4 is 28.9 Å². The number of benzene rings is 2. The lowest BCUT2D eigenvalue weighted by Gasteiger charge is -2.33. The van der Waals surface area contributed by atoms with Crippen molar-refractivity contribution in [1.82, 2.24) is 25.9 Å². The molecule has 2 amide bonds.